The third kappa shape index (κ3) is 2.53. The van der Waals surface area contributed by atoms with Gasteiger partial charge in [-0.15, -0.1) is 0 Å². The molecule has 0 radical (unpaired) electrons. The first-order valence-electron chi connectivity index (χ1n) is 7.79. The van der Waals surface area contributed by atoms with Gasteiger partial charge in [0.15, 0.2) is 0 Å². The van der Waals surface area contributed by atoms with E-state index in [9.17, 15) is 0 Å². The molecule has 0 bridgehead atoms. The Labute approximate surface area is 106 Å². The lowest BCUT2D eigenvalue weighted by molar-refractivity contribution is 0.158. The molecule has 17 heavy (non-hydrogen) atoms. The highest BCUT2D eigenvalue weighted by Gasteiger charge is 2.35. The molecule has 2 saturated heterocycles. The van der Waals surface area contributed by atoms with Crippen LogP contribution in [-0.4, -0.2) is 37.1 Å². The molecule has 3 fully saturated rings. The summed E-state index contributed by atoms with van der Waals surface area (Å²) in [5.74, 6) is 2.85. The first-order chi connectivity index (χ1) is 8.34. The van der Waals surface area contributed by atoms with Crippen molar-refractivity contribution in [3.8, 4) is 0 Å². The monoisotopic (exact) mass is 236 g/mol. The first kappa shape index (κ1) is 12.0. The molecule has 3 aliphatic rings. The fourth-order valence-electron chi connectivity index (χ4n) is 4.36. The van der Waals surface area contributed by atoms with Crippen molar-refractivity contribution in [3.05, 3.63) is 0 Å². The number of nitrogens with one attached hydrogen (secondary N) is 1. The van der Waals surface area contributed by atoms with Gasteiger partial charge >= 0.3 is 0 Å². The Kier molecular flexibility index (Phi) is 3.72. The molecule has 98 valence electrons. The van der Waals surface area contributed by atoms with Crippen LogP contribution >= 0.6 is 0 Å². The average Bonchev–Trinajstić information content (AvgIpc) is 3.02. The molecule has 1 aliphatic carbocycles. The Balaban J connectivity index is 1.57. The summed E-state index contributed by atoms with van der Waals surface area (Å²) in [6, 6.07) is 0.949. The molecule has 0 aromatic rings. The van der Waals surface area contributed by atoms with Gasteiger partial charge < -0.3 is 5.32 Å². The molecule has 1 saturated carbocycles. The van der Waals surface area contributed by atoms with E-state index in [0.717, 1.165) is 23.8 Å². The molecule has 1 N–H and O–H groups in total. The molecule has 3 rings (SSSR count). The highest BCUT2D eigenvalue weighted by atomic mass is 15.2. The molecular weight excluding hydrogens is 208 g/mol. The van der Waals surface area contributed by atoms with Crippen molar-refractivity contribution < 1.29 is 0 Å². The van der Waals surface area contributed by atoms with Gasteiger partial charge in [0.05, 0.1) is 0 Å². The summed E-state index contributed by atoms with van der Waals surface area (Å²) in [6.07, 6.45) is 8.96. The maximum Gasteiger partial charge on any atom is 0.0124 e. The lowest BCUT2D eigenvalue weighted by atomic mass is 9.93. The molecular formula is C15H28N2. The molecule has 2 heterocycles. The Morgan fingerprint density at radius 2 is 1.88 bits per heavy atom. The quantitative estimate of drug-likeness (QED) is 0.810. The fourth-order valence-corrected chi connectivity index (χ4v) is 4.36. The van der Waals surface area contributed by atoms with E-state index in [4.69, 9.17) is 0 Å². The SMILES string of the molecule is CC1CNCC1CN1CCCC1C1CCCC1. The van der Waals surface area contributed by atoms with Crippen molar-refractivity contribution in [1.29, 1.82) is 0 Å². The second-order valence-corrected chi connectivity index (χ2v) is 6.64. The maximum absolute atomic E-state index is 3.55. The summed E-state index contributed by atoms with van der Waals surface area (Å²) in [5.41, 5.74) is 0. The van der Waals surface area contributed by atoms with E-state index in [1.54, 1.807) is 0 Å². The normalized spacial score (nSPS) is 40.4. The van der Waals surface area contributed by atoms with Crippen molar-refractivity contribution in [1.82, 2.24) is 10.2 Å². The molecule has 0 spiro atoms. The summed E-state index contributed by atoms with van der Waals surface area (Å²) in [7, 11) is 0. The van der Waals surface area contributed by atoms with Gasteiger partial charge in [0.1, 0.15) is 0 Å². The zero-order valence-corrected chi connectivity index (χ0v) is 11.3. The van der Waals surface area contributed by atoms with Crippen LogP contribution in [-0.2, 0) is 0 Å². The number of rotatable bonds is 3. The molecule has 0 aromatic heterocycles. The van der Waals surface area contributed by atoms with Gasteiger partial charge in [-0.25, -0.2) is 0 Å². The molecule has 3 unspecified atom stereocenters. The lowest BCUT2D eigenvalue weighted by Gasteiger charge is -2.32. The molecule has 0 amide bonds. The van der Waals surface area contributed by atoms with Crippen molar-refractivity contribution in [2.45, 2.75) is 51.5 Å². The second-order valence-electron chi connectivity index (χ2n) is 6.64. The van der Waals surface area contributed by atoms with E-state index in [-0.39, 0.29) is 0 Å². The minimum absolute atomic E-state index is 0.889. The smallest absolute Gasteiger partial charge is 0.0124 e. The Morgan fingerprint density at radius 3 is 2.59 bits per heavy atom. The largest absolute Gasteiger partial charge is 0.316 e. The van der Waals surface area contributed by atoms with Crippen LogP contribution in [0.1, 0.15) is 45.4 Å². The molecule has 2 nitrogen and oxygen atoms in total. The van der Waals surface area contributed by atoms with E-state index in [1.165, 1.54) is 64.7 Å². The minimum Gasteiger partial charge on any atom is -0.316 e. The van der Waals surface area contributed by atoms with E-state index >= 15 is 0 Å². The lowest BCUT2D eigenvalue weighted by Crippen LogP contribution is -2.39. The highest BCUT2D eigenvalue weighted by Crippen LogP contribution is 2.36. The first-order valence-corrected chi connectivity index (χ1v) is 7.79. The summed E-state index contributed by atoms with van der Waals surface area (Å²) >= 11 is 0. The van der Waals surface area contributed by atoms with Crippen molar-refractivity contribution in [3.63, 3.8) is 0 Å². The highest BCUT2D eigenvalue weighted by molar-refractivity contribution is 4.90. The summed E-state index contributed by atoms with van der Waals surface area (Å²) < 4.78 is 0. The van der Waals surface area contributed by atoms with E-state index in [2.05, 4.69) is 17.1 Å². The number of hydrogen-bond donors (Lipinski definition) is 1. The van der Waals surface area contributed by atoms with Crippen LogP contribution in [0.15, 0.2) is 0 Å². The van der Waals surface area contributed by atoms with Crippen molar-refractivity contribution >= 4 is 0 Å². The minimum atomic E-state index is 0.889. The van der Waals surface area contributed by atoms with E-state index < -0.39 is 0 Å². The van der Waals surface area contributed by atoms with Crippen LogP contribution < -0.4 is 5.32 Å². The maximum atomic E-state index is 3.55. The predicted octanol–water partition coefficient (Wildman–Crippen LogP) is 2.50. The second kappa shape index (κ2) is 5.27. The zero-order chi connectivity index (χ0) is 11.7. The molecule has 2 aliphatic heterocycles. The van der Waals surface area contributed by atoms with Gasteiger partial charge in [-0.3, -0.25) is 4.90 Å². The van der Waals surface area contributed by atoms with Crippen LogP contribution in [0.2, 0.25) is 0 Å². The van der Waals surface area contributed by atoms with E-state index in [1.807, 2.05) is 0 Å². The third-order valence-corrected chi connectivity index (χ3v) is 5.50. The number of hydrogen-bond acceptors (Lipinski definition) is 2. The number of likely N-dealkylation sites (tertiary alicyclic amines) is 1. The van der Waals surface area contributed by atoms with Crippen LogP contribution in [0.4, 0.5) is 0 Å². The standard InChI is InChI=1S/C15H28N2/c1-12-9-16-10-14(12)11-17-8-4-7-15(17)13-5-2-3-6-13/h12-16H,2-11H2,1H3. The van der Waals surface area contributed by atoms with Gasteiger partial charge in [-0.2, -0.15) is 0 Å². The Hall–Kier alpha value is -0.0800. The zero-order valence-electron chi connectivity index (χ0n) is 11.3. The molecule has 3 atom stereocenters. The van der Waals surface area contributed by atoms with E-state index in [0.29, 0.717) is 0 Å². The molecule has 0 aromatic carbocycles. The van der Waals surface area contributed by atoms with Crippen molar-refractivity contribution in [2.75, 3.05) is 26.2 Å². The third-order valence-electron chi connectivity index (χ3n) is 5.50. The van der Waals surface area contributed by atoms with Crippen LogP contribution in [0.5, 0.6) is 0 Å². The van der Waals surface area contributed by atoms with Crippen LogP contribution in [0.3, 0.4) is 0 Å². The average molecular weight is 236 g/mol. The molecule has 2 heteroatoms. The summed E-state index contributed by atoms with van der Waals surface area (Å²) in [5, 5.41) is 3.55. The van der Waals surface area contributed by atoms with Crippen LogP contribution in [0.25, 0.3) is 0 Å². The van der Waals surface area contributed by atoms with Crippen molar-refractivity contribution in [2.24, 2.45) is 17.8 Å². The van der Waals surface area contributed by atoms with Gasteiger partial charge in [-0.05, 0) is 63.1 Å². The van der Waals surface area contributed by atoms with Crippen LogP contribution in [0, 0.1) is 17.8 Å². The number of nitrogens with zero attached hydrogens (tertiary/aromatic N) is 1. The van der Waals surface area contributed by atoms with Gasteiger partial charge in [-0.1, -0.05) is 19.8 Å². The Morgan fingerprint density at radius 1 is 1.06 bits per heavy atom. The summed E-state index contributed by atoms with van der Waals surface area (Å²) in [4.78, 5) is 2.85. The van der Waals surface area contributed by atoms with Gasteiger partial charge in [0.25, 0.3) is 0 Å². The Bertz CT molecular complexity index is 247. The fraction of sp³-hybridized carbons (Fsp3) is 1.00. The van der Waals surface area contributed by atoms with Gasteiger partial charge in [0.2, 0.25) is 0 Å². The topological polar surface area (TPSA) is 15.3 Å². The van der Waals surface area contributed by atoms with Gasteiger partial charge in [0, 0.05) is 12.6 Å². The predicted molar refractivity (Wildman–Crippen MR) is 72.1 cm³/mol. The summed E-state index contributed by atoms with van der Waals surface area (Å²) in [6.45, 7) is 7.67.